The van der Waals surface area contributed by atoms with E-state index in [1.54, 1.807) is 6.92 Å². The fourth-order valence-corrected chi connectivity index (χ4v) is 0.913. The molecule has 1 amide bonds. The second-order valence-electron chi connectivity index (χ2n) is 2.55. The quantitative estimate of drug-likeness (QED) is 0.406. The molecule has 0 atom stereocenters. The Morgan fingerprint density at radius 3 is 2.86 bits per heavy atom. The Labute approximate surface area is 78.8 Å². The Hall–Kier alpha value is -2.18. The van der Waals surface area contributed by atoms with E-state index < -0.39 is 10.8 Å². The molecule has 3 N–H and O–H groups in total. The fourth-order valence-electron chi connectivity index (χ4n) is 0.913. The van der Waals surface area contributed by atoms with E-state index in [2.05, 4.69) is 9.97 Å². The number of rotatable bonds is 3. The van der Waals surface area contributed by atoms with E-state index in [1.165, 1.54) is 6.08 Å². The van der Waals surface area contributed by atoms with Crippen LogP contribution in [-0.4, -0.2) is 20.8 Å². The molecule has 0 spiro atoms. The Balaban J connectivity index is 3.07. The van der Waals surface area contributed by atoms with E-state index in [9.17, 15) is 14.9 Å². The Bertz CT molecular complexity index is 407. The Morgan fingerprint density at radius 2 is 2.36 bits per heavy atom. The smallest absolute Gasteiger partial charge is 0.348 e. The lowest BCUT2D eigenvalue weighted by Crippen LogP contribution is -2.05. The number of aryl methyl sites for hydroxylation is 1. The van der Waals surface area contributed by atoms with Crippen molar-refractivity contribution >= 4 is 17.8 Å². The number of imidazole rings is 1. The van der Waals surface area contributed by atoms with Crippen LogP contribution in [0.15, 0.2) is 6.08 Å². The molecule has 0 bridgehead atoms. The van der Waals surface area contributed by atoms with Crippen LogP contribution < -0.4 is 5.73 Å². The van der Waals surface area contributed by atoms with Crippen molar-refractivity contribution in [2.45, 2.75) is 6.92 Å². The zero-order valence-corrected chi connectivity index (χ0v) is 7.35. The highest BCUT2D eigenvalue weighted by Gasteiger charge is 2.15. The number of carbonyl (C=O) groups excluding carboxylic acids is 1. The molecule has 7 heteroatoms. The Morgan fingerprint density at radius 1 is 1.71 bits per heavy atom. The maximum atomic E-state index is 10.5. The number of H-pyrrole nitrogens is 1. The van der Waals surface area contributed by atoms with E-state index in [0.29, 0.717) is 5.82 Å². The normalized spacial score (nSPS) is 10.6. The van der Waals surface area contributed by atoms with Crippen molar-refractivity contribution in [1.82, 2.24) is 9.97 Å². The molecular weight excluding hydrogens is 188 g/mol. The minimum atomic E-state index is -0.681. The highest BCUT2D eigenvalue weighted by atomic mass is 16.6. The van der Waals surface area contributed by atoms with E-state index in [1.807, 2.05) is 0 Å². The summed E-state index contributed by atoms with van der Waals surface area (Å²) in [6.45, 7) is 1.58. The Kier molecular flexibility index (Phi) is 2.61. The predicted molar refractivity (Wildman–Crippen MR) is 48.2 cm³/mol. The third-order valence-electron chi connectivity index (χ3n) is 1.42. The van der Waals surface area contributed by atoms with Gasteiger partial charge in [-0.05, 0) is 11.0 Å². The van der Waals surface area contributed by atoms with Gasteiger partial charge in [-0.1, -0.05) is 0 Å². The van der Waals surface area contributed by atoms with Crippen LogP contribution in [0.1, 0.15) is 11.5 Å². The summed E-state index contributed by atoms with van der Waals surface area (Å²) in [5.74, 6) is -0.527. The molecule has 7 nitrogen and oxygen atoms in total. The lowest BCUT2D eigenvalue weighted by molar-refractivity contribution is -0.389. The number of nitro groups is 1. The summed E-state index contributed by atoms with van der Waals surface area (Å²) < 4.78 is 0. The lowest BCUT2D eigenvalue weighted by atomic mass is 10.4. The van der Waals surface area contributed by atoms with Gasteiger partial charge in [0.2, 0.25) is 5.91 Å². The van der Waals surface area contributed by atoms with Crippen molar-refractivity contribution < 1.29 is 9.72 Å². The summed E-state index contributed by atoms with van der Waals surface area (Å²) in [5, 5.41) is 10.5. The third-order valence-corrected chi connectivity index (χ3v) is 1.42. The molecule has 0 saturated carbocycles. The van der Waals surface area contributed by atoms with Crippen LogP contribution in [0.4, 0.5) is 5.82 Å². The first kappa shape index (κ1) is 9.90. The van der Waals surface area contributed by atoms with Crippen molar-refractivity contribution in [2.75, 3.05) is 0 Å². The fraction of sp³-hybridized carbons (Fsp3) is 0.143. The van der Waals surface area contributed by atoms with Crippen molar-refractivity contribution in [3.63, 3.8) is 0 Å². The van der Waals surface area contributed by atoms with Gasteiger partial charge in [-0.2, -0.15) is 0 Å². The van der Waals surface area contributed by atoms with Crippen LogP contribution in [0, 0.1) is 17.0 Å². The largest absolute Gasteiger partial charge is 0.366 e. The van der Waals surface area contributed by atoms with E-state index in [4.69, 9.17) is 5.73 Å². The summed E-state index contributed by atoms with van der Waals surface area (Å²) >= 11 is 0. The van der Waals surface area contributed by atoms with Crippen LogP contribution in [0.3, 0.4) is 0 Å². The molecule has 1 heterocycles. The molecule has 0 fully saturated rings. The number of primary amides is 1. The number of nitrogens with two attached hydrogens (primary N) is 1. The van der Waals surface area contributed by atoms with Gasteiger partial charge < -0.3 is 15.8 Å². The van der Waals surface area contributed by atoms with E-state index >= 15 is 0 Å². The van der Waals surface area contributed by atoms with Gasteiger partial charge in [0.05, 0.1) is 0 Å². The molecule has 1 rings (SSSR count). The summed E-state index contributed by atoms with van der Waals surface area (Å²) in [4.78, 5) is 26.5. The summed E-state index contributed by atoms with van der Waals surface area (Å²) in [6.07, 6.45) is 2.21. The first-order chi connectivity index (χ1) is 6.50. The third kappa shape index (κ3) is 2.16. The molecule has 14 heavy (non-hydrogen) atoms. The average molecular weight is 196 g/mol. The maximum absolute atomic E-state index is 10.5. The monoisotopic (exact) mass is 196 g/mol. The highest BCUT2D eigenvalue weighted by molar-refractivity contribution is 5.90. The average Bonchev–Trinajstić information content (AvgIpc) is 2.43. The van der Waals surface area contributed by atoms with Crippen molar-refractivity contribution in [3.8, 4) is 0 Å². The molecule has 0 aliphatic heterocycles. The predicted octanol–water partition coefficient (Wildman–Crippen LogP) is 0.125. The SMILES string of the molecule is Cc1nc(C=CC(N)=O)c([N+](=O)[O-])[nH]1. The first-order valence-electron chi connectivity index (χ1n) is 3.69. The number of hydrogen-bond donors (Lipinski definition) is 2. The number of amides is 1. The van der Waals surface area contributed by atoms with Crippen LogP contribution >= 0.6 is 0 Å². The van der Waals surface area contributed by atoms with Gasteiger partial charge in [-0.15, -0.1) is 0 Å². The van der Waals surface area contributed by atoms with Crippen LogP contribution in [0.5, 0.6) is 0 Å². The minimum Gasteiger partial charge on any atom is -0.366 e. The van der Waals surface area contributed by atoms with E-state index in [0.717, 1.165) is 6.08 Å². The van der Waals surface area contributed by atoms with Gasteiger partial charge in [-0.3, -0.25) is 4.79 Å². The minimum absolute atomic E-state index is 0.0892. The molecular formula is C7H8N4O3. The van der Waals surface area contributed by atoms with Crippen molar-refractivity contribution in [1.29, 1.82) is 0 Å². The number of nitrogens with zero attached hydrogens (tertiary/aromatic N) is 2. The van der Waals surface area contributed by atoms with E-state index in [-0.39, 0.29) is 11.5 Å². The second-order valence-corrected chi connectivity index (χ2v) is 2.55. The molecule has 0 unspecified atom stereocenters. The molecule has 0 saturated heterocycles. The number of nitrogens with one attached hydrogen (secondary N) is 1. The zero-order chi connectivity index (χ0) is 10.7. The first-order valence-corrected chi connectivity index (χ1v) is 3.69. The molecule has 74 valence electrons. The van der Waals surface area contributed by atoms with Gasteiger partial charge in [0, 0.05) is 13.0 Å². The molecule has 0 aromatic carbocycles. The lowest BCUT2D eigenvalue weighted by Gasteiger charge is -1.89. The second kappa shape index (κ2) is 3.69. The molecule has 0 aliphatic rings. The zero-order valence-electron chi connectivity index (χ0n) is 7.35. The molecule has 1 aromatic rings. The summed E-state index contributed by atoms with van der Waals surface area (Å²) in [6, 6.07) is 0. The molecule has 0 radical (unpaired) electrons. The van der Waals surface area contributed by atoms with Crippen molar-refractivity contribution in [3.05, 3.63) is 27.7 Å². The van der Waals surface area contributed by atoms with Crippen molar-refractivity contribution in [2.24, 2.45) is 5.73 Å². The van der Waals surface area contributed by atoms with Gasteiger partial charge in [0.15, 0.2) is 11.5 Å². The highest BCUT2D eigenvalue weighted by Crippen LogP contribution is 2.15. The number of carbonyl (C=O) groups is 1. The standard InChI is InChI=1S/C7H8N4O3/c1-4-9-5(2-3-6(8)12)7(10-4)11(13)14/h2-3H,1H3,(H2,8,12)(H,9,10). The number of aromatic nitrogens is 2. The summed E-state index contributed by atoms with van der Waals surface area (Å²) in [5.41, 5.74) is 4.93. The molecule has 1 aromatic heterocycles. The van der Waals surface area contributed by atoms with Gasteiger partial charge in [0.25, 0.3) is 0 Å². The van der Waals surface area contributed by atoms with Crippen LogP contribution in [-0.2, 0) is 4.79 Å². The summed E-state index contributed by atoms with van der Waals surface area (Å²) in [7, 11) is 0. The number of aromatic amines is 1. The topological polar surface area (TPSA) is 115 Å². The number of hydrogen-bond acceptors (Lipinski definition) is 4. The van der Waals surface area contributed by atoms with Crippen LogP contribution in [0.25, 0.3) is 6.08 Å². The van der Waals surface area contributed by atoms with Gasteiger partial charge in [0.1, 0.15) is 0 Å². The van der Waals surface area contributed by atoms with Gasteiger partial charge >= 0.3 is 5.82 Å². The molecule has 0 aliphatic carbocycles. The van der Waals surface area contributed by atoms with Crippen LogP contribution in [0.2, 0.25) is 0 Å². The van der Waals surface area contributed by atoms with Gasteiger partial charge in [-0.25, -0.2) is 9.97 Å². The maximum Gasteiger partial charge on any atom is 0.348 e.